The molecular formula is C32H34F3N5O2. The molecule has 1 aliphatic carbocycles. The van der Waals surface area contributed by atoms with E-state index >= 15 is 8.78 Å². The second-order valence-electron chi connectivity index (χ2n) is 12.0. The molecule has 1 amide bonds. The van der Waals surface area contributed by atoms with Crippen LogP contribution < -0.4 is 9.64 Å². The number of nitrogens with zero attached hydrogens (tertiary/aromatic N) is 5. The van der Waals surface area contributed by atoms with Crippen molar-refractivity contribution >= 4 is 22.6 Å². The van der Waals surface area contributed by atoms with E-state index in [2.05, 4.69) is 16.5 Å². The molecule has 7 nitrogen and oxygen atoms in total. The largest absolute Gasteiger partial charge is 0.462 e. The molecule has 1 unspecified atom stereocenters. The van der Waals surface area contributed by atoms with E-state index in [4.69, 9.17) is 4.74 Å². The van der Waals surface area contributed by atoms with E-state index in [1.807, 2.05) is 29.0 Å². The summed E-state index contributed by atoms with van der Waals surface area (Å²) in [4.78, 5) is 27.1. The average molecular weight is 578 g/mol. The van der Waals surface area contributed by atoms with Crippen LogP contribution in [0.25, 0.3) is 22.0 Å². The van der Waals surface area contributed by atoms with Gasteiger partial charge in [0, 0.05) is 31.1 Å². The number of carbonyl (C=O) groups is 1. The molecule has 3 aromatic rings. The van der Waals surface area contributed by atoms with Gasteiger partial charge in [-0.05, 0) is 74.4 Å². The summed E-state index contributed by atoms with van der Waals surface area (Å²) in [6.45, 7) is 5.14. The summed E-state index contributed by atoms with van der Waals surface area (Å²) in [5.74, 6) is -1.15. The van der Waals surface area contributed by atoms with Gasteiger partial charge in [-0.25, -0.2) is 13.2 Å². The van der Waals surface area contributed by atoms with Crippen LogP contribution in [0, 0.1) is 11.6 Å². The van der Waals surface area contributed by atoms with Crippen LogP contribution in [0.15, 0.2) is 36.9 Å². The first-order valence-corrected chi connectivity index (χ1v) is 14.8. The normalized spacial score (nSPS) is 25.3. The van der Waals surface area contributed by atoms with Gasteiger partial charge in [0.05, 0.1) is 17.6 Å². The standard InChI is InChI=1S/C32H34F3N5O2/c1-3-27(41)39-12-11-25-26(39)16-40(25)31-23-14-24(34)28(22-10-6-8-18-7-4-5-9-21(18)22)29(35)30(23)36-32(37-31)42-17-20-13-19(33)15-38(20)2/h3,6,8,10,14,19-20,25-26H,1,4-5,7,9,11-13,15-17H2,2H3/t19-,20+,25?,26-/m1/s1. The molecule has 1 aromatic heterocycles. The van der Waals surface area contributed by atoms with E-state index in [0.29, 0.717) is 43.9 Å². The number of aromatic nitrogens is 2. The molecule has 0 saturated carbocycles. The summed E-state index contributed by atoms with van der Waals surface area (Å²) in [6.07, 6.45) is 5.12. The third-order valence-electron chi connectivity index (χ3n) is 9.57. The van der Waals surface area contributed by atoms with Crippen molar-refractivity contribution in [2.24, 2.45) is 0 Å². The Morgan fingerprint density at radius 1 is 1.17 bits per heavy atom. The fourth-order valence-electron chi connectivity index (χ4n) is 7.34. The lowest BCUT2D eigenvalue weighted by atomic mass is 9.85. The van der Waals surface area contributed by atoms with Gasteiger partial charge in [0.1, 0.15) is 29.9 Å². The number of aryl methyl sites for hydroxylation is 1. The van der Waals surface area contributed by atoms with Gasteiger partial charge >= 0.3 is 6.01 Å². The number of amides is 1. The summed E-state index contributed by atoms with van der Waals surface area (Å²) in [7, 11) is 1.84. The maximum atomic E-state index is 16.5. The quantitative estimate of drug-likeness (QED) is 0.391. The highest BCUT2D eigenvalue weighted by Gasteiger charge is 2.49. The Kier molecular flexibility index (Phi) is 6.84. The lowest BCUT2D eigenvalue weighted by Crippen LogP contribution is -2.63. The Bertz CT molecular complexity index is 1580. The summed E-state index contributed by atoms with van der Waals surface area (Å²) >= 11 is 0. The monoisotopic (exact) mass is 577 g/mol. The lowest BCUT2D eigenvalue weighted by molar-refractivity contribution is -0.127. The van der Waals surface area contributed by atoms with Crippen molar-refractivity contribution in [3.05, 3.63) is 59.7 Å². The number of benzene rings is 2. The van der Waals surface area contributed by atoms with E-state index < -0.39 is 17.8 Å². The van der Waals surface area contributed by atoms with Gasteiger partial charge in [-0.1, -0.05) is 24.8 Å². The van der Waals surface area contributed by atoms with Crippen molar-refractivity contribution in [1.29, 1.82) is 0 Å². The first-order chi connectivity index (χ1) is 20.3. The maximum Gasteiger partial charge on any atom is 0.319 e. The van der Waals surface area contributed by atoms with Gasteiger partial charge in [-0.2, -0.15) is 9.97 Å². The predicted molar refractivity (Wildman–Crippen MR) is 154 cm³/mol. The van der Waals surface area contributed by atoms with E-state index in [1.54, 1.807) is 11.0 Å². The number of hydrogen-bond donors (Lipinski definition) is 0. The third-order valence-corrected chi connectivity index (χ3v) is 9.57. The Morgan fingerprint density at radius 3 is 2.79 bits per heavy atom. The zero-order chi connectivity index (χ0) is 29.1. The second-order valence-corrected chi connectivity index (χ2v) is 12.0. The van der Waals surface area contributed by atoms with Gasteiger partial charge in [0.25, 0.3) is 0 Å². The van der Waals surface area contributed by atoms with E-state index in [0.717, 1.165) is 36.8 Å². The molecule has 3 fully saturated rings. The van der Waals surface area contributed by atoms with Crippen molar-refractivity contribution in [2.45, 2.75) is 62.8 Å². The topological polar surface area (TPSA) is 61.8 Å². The minimum absolute atomic E-state index is 0.0107. The van der Waals surface area contributed by atoms with Gasteiger partial charge < -0.3 is 14.5 Å². The Hall–Kier alpha value is -3.66. The highest BCUT2D eigenvalue weighted by atomic mass is 19.1. The Morgan fingerprint density at radius 2 is 2.00 bits per heavy atom. The second kappa shape index (κ2) is 10.6. The van der Waals surface area contributed by atoms with Crippen LogP contribution in [0.2, 0.25) is 0 Å². The van der Waals surface area contributed by atoms with Crippen molar-refractivity contribution in [3.63, 3.8) is 0 Å². The molecule has 0 spiro atoms. The van der Waals surface area contributed by atoms with Crippen LogP contribution in [0.5, 0.6) is 6.01 Å². The molecule has 4 aliphatic rings. The van der Waals surface area contributed by atoms with Crippen molar-refractivity contribution in [2.75, 3.05) is 38.2 Å². The van der Waals surface area contributed by atoms with Crippen LogP contribution in [0.1, 0.15) is 36.8 Å². The average Bonchev–Trinajstić information content (AvgIpc) is 3.48. The molecule has 2 aromatic carbocycles. The Balaban J connectivity index is 1.31. The van der Waals surface area contributed by atoms with E-state index in [9.17, 15) is 9.18 Å². The number of fused-ring (bicyclic) bond motifs is 3. The van der Waals surface area contributed by atoms with Crippen LogP contribution in [0.4, 0.5) is 19.0 Å². The number of likely N-dealkylation sites (N-methyl/N-ethyl adjacent to an activating group) is 1. The number of carbonyl (C=O) groups excluding carboxylic acids is 1. The SMILES string of the molecule is C=CC(=O)N1CCC2[C@H]1CN2c1nc(OC[C@@H]2C[C@@H](F)CN2C)nc2c(F)c(-c3cccc4c3CCCC4)c(F)cc12. The number of alkyl halides is 1. The first kappa shape index (κ1) is 27.2. The third kappa shape index (κ3) is 4.42. The fraction of sp³-hybridized carbons (Fsp3) is 0.469. The predicted octanol–water partition coefficient (Wildman–Crippen LogP) is 4.85. The zero-order valence-electron chi connectivity index (χ0n) is 23.7. The first-order valence-electron chi connectivity index (χ1n) is 14.8. The number of ether oxygens (including phenoxy) is 1. The molecule has 0 bridgehead atoms. The van der Waals surface area contributed by atoms with Crippen molar-refractivity contribution in [1.82, 2.24) is 19.8 Å². The zero-order valence-corrected chi connectivity index (χ0v) is 23.7. The number of rotatable bonds is 6. The van der Waals surface area contributed by atoms with E-state index in [-0.39, 0.29) is 53.1 Å². The van der Waals surface area contributed by atoms with Crippen LogP contribution in [0.3, 0.4) is 0 Å². The molecule has 4 atom stereocenters. The summed E-state index contributed by atoms with van der Waals surface area (Å²) in [5, 5.41) is 0.264. The molecule has 10 heteroatoms. The lowest BCUT2D eigenvalue weighted by Gasteiger charge is -2.47. The molecule has 3 saturated heterocycles. The van der Waals surface area contributed by atoms with Gasteiger partial charge in [0.2, 0.25) is 5.91 Å². The van der Waals surface area contributed by atoms with Gasteiger partial charge in [0.15, 0.2) is 5.82 Å². The molecule has 220 valence electrons. The van der Waals surface area contributed by atoms with Crippen LogP contribution >= 0.6 is 0 Å². The number of likely N-dealkylation sites (tertiary alicyclic amines) is 2. The summed E-state index contributed by atoms with van der Waals surface area (Å²) in [6, 6.07) is 6.75. The van der Waals surface area contributed by atoms with E-state index in [1.165, 1.54) is 12.1 Å². The smallest absolute Gasteiger partial charge is 0.319 e. The number of anilines is 1. The van der Waals surface area contributed by atoms with Crippen molar-refractivity contribution in [3.8, 4) is 17.1 Å². The van der Waals surface area contributed by atoms with Crippen LogP contribution in [-0.4, -0.2) is 83.3 Å². The fourth-order valence-corrected chi connectivity index (χ4v) is 7.34. The molecular weight excluding hydrogens is 543 g/mol. The van der Waals surface area contributed by atoms with Gasteiger partial charge in [-0.15, -0.1) is 0 Å². The minimum Gasteiger partial charge on any atom is -0.462 e. The van der Waals surface area contributed by atoms with Crippen molar-refractivity contribution < 1.29 is 22.7 Å². The summed E-state index contributed by atoms with van der Waals surface area (Å²) < 4.78 is 52.5. The molecule has 7 rings (SSSR count). The molecule has 3 aliphatic heterocycles. The summed E-state index contributed by atoms with van der Waals surface area (Å²) in [5.41, 5.74) is 2.58. The highest BCUT2D eigenvalue weighted by Crippen LogP contribution is 2.43. The number of hydrogen-bond acceptors (Lipinski definition) is 6. The molecule has 0 radical (unpaired) electrons. The molecule has 42 heavy (non-hydrogen) atoms. The Labute approximate surface area is 243 Å². The van der Waals surface area contributed by atoms with Gasteiger partial charge in [-0.3, -0.25) is 9.69 Å². The molecule has 4 heterocycles. The van der Waals surface area contributed by atoms with Crippen LogP contribution in [-0.2, 0) is 17.6 Å². The minimum atomic E-state index is -0.932. The number of halogens is 3. The maximum absolute atomic E-state index is 16.5. The molecule has 0 N–H and O–H groups in total. The highest BCUT2D eigenvalue weighted by molar-refractivity contribution is 5.95.